The van der Waals surface area contributed by atoms with Gasteiger partial charge < -0.3 is 9.80 Å². The van der Waals surface area contributed by atoms with Gasteiger partial charge in [-0.25, -0.2) is 0 Å². The summed E-state index contributed by atoms with van der Waals surface area (Å²) in [5.41, 5.74) is 37.7. The highest BCUT2D eigenvalue weighted by atomic mass is 15.1. The highest BCUT2D eigenvalue weighted by Crippen LogP contribution is 2.47. The molecule has 21 aromatic carbocycles. The summed E-state index contributed by atoms with van der Waals surface area (Å²) in [7, 11) is 0. The maximum atomic E-state index is 2.39. The van der Waals surface area contributed by atoms with E-state index in [0.29, 0.717) is 0 Å². The van der Waals surface area contributed by atoms with Crippen molar-refractivity contribution in [1.29, 1.82) is 0 Å². The lowest BCUT2D eigenvalue weighted by molar-refractivity contribution is 1.28. The van der Waals surface area contributed by atoms with Gasteiger partial charge in [-0.1, -0.05) is 443 Å². The first kappa shape index (κ1) is 76.4. The summed E-state index contributed by atoms with van der Waals surface area (Å²) in [6.45, 7) is 0. The Morgan fingerprint density at radius 3 is 0.565 bits per heavy atom. The molecule has 0 atom stereocenters. The van der Waals surface area contributed by atoms with Crippen LogP contribution in [0, 0.1) is 0 Å². The molecule has 21 aromatic rings. The van der Waals surface area contributed by atoms with Crippen molar-refractivity contribution < 1.29 is 0 Å². The third-order valence-corrected chi connectivity index (χ3v) is 23.9. The van der Waals surface area contributed by atoms with E-state index in [0.717, 1.165) is 34.1 Å². The van der Waals surface area contributed by atoms with Crippen LogP contribution >= 0.6 is 0 Å². The summed E-state index contributed by atoms with van der Waals surface area (Å²) in [4.78, 5) is 4.76. The molecule has 0 aliphatic rings. The van der Waals surface area contributed by atoms with E-state index in [1.165, 1.54) is 166 Å². The summed E-state index contributed by atoms with van der Waals surface area (Å²) < 4.78 is 0. The average molecular weight is 1580 g/mol. The molecule has 0 N–H and O–H groups in total. The van der Waals surface area contributed by atoms with E-state index in [2.05, 4.69) is 532 Å². The Morgan fingerprint density at radius 2 is 0.282 bits per heavy atom. The maximum Gasteiger partial charge on any atom is 0.0468 e. The van der Waals surface area contributed by atoms with Crippen LogP contribution in [0.25, 0.3) is 166 Å². The lowest BCUT2D eigenvalue weighted by atomic mass is 9.88. The Bertz CT molecular complexity index is 6920. The zero-order chi connectivity index (χ0) is 82.8. The van der Waals surface area contributed by atoms with Crippen molar-refractivity contribution in [2.45, 2.75) is 0 Å². The van der Waals surface area contributed by atoms with Gasteiger partial charge in [-0.3, -0.25) is 0 Å². The second kappa shape index (κ2) is 35.4. The molecule has 0 aromatic heterocycles. The summed E-state index contributed by atoms with van der Waals surface area (Å²) in [5.74, 6) is 0. The molecule has 0 unspecified atom stereocenters. The number of hydrogen-bond donors (Lipinski definition) is 0. The molecule has 0 fully saturated rings. The minimum Gasteiger partial charge on any atom is -0.310 e. The molecule has 2 heteroatoms. The van der Waals surface area contributed by atoms with Crippen LogP contribution in [0.15, 0.2) is 522 Å². The monoisotopic (exact) mass is 1580 g/mol. The first-order valence-electron chi connectivity index (χ1n) is 42.6. The molecule has 0 aliphatic carbocycles. The van der Waals surface area contributed by atoms with Gasteiger partial charge in [0.25, 0.3) is 0 Å². The zero-order valence-electron chi connectivity index (χ0n) is 68.5. The van der Waals surface area contributed by atoms with Crippen molar-refractivity contribution >= 4 is 55.7 Å². The molecule has 124 heavy (non-hydrogen) atoms. The molecule has 0 heterocycles. The molecule has 584 valence electrons. The predicted octanol–water partition coefficient (Wildman–Crippen LogP) is 34.3. The van der Waals surface area contributed by atoms with Crippen LogP contribution in [0.4, 0.5) is 34.1 Å². The largest absolute Gasteiger partial charge is 0.310 e. The van der Waals surface area contributed by atoms with Crippen molar-refractivity contribution in [1.82, 2.24) is 0 Å². The Morgan fingerprint density at radius 1 is 0.0968 bits per heavy atom. The van der Waals surface area contributed by atoms with Gasteiger partial charge in [-0.2, -0.15) is 0 Å². The average Bonchev–Trinajstić information content (AvgIpc) is 0.759. The van der Waals surface area contributed by atoms with E-state index in [1.807, 2.05) is 0 Å². The predicted molar refractivity (Wildman–Crippen MR) is 528 cm³/mol. The molecule has 0 amide bonds. The molecular formula is C122H86N2. The zero-order valence-corrected chi connectivity index (χ0v) is 68.5. The fourth-order valence-corrected chi connectivity index (χ4v) is 17.3. The van der Waals surface area contributed by atoms with Crippen molar-refractivity contribution in [2.75, 3.05) is 9.80 Å². The van der Waals surface area contributed by atoms with Gasteiger partial charge in [-0.15, -0.1) is 0 Å². The quantitative estimate of drug-likeness (QED) is 0.0745. The smallest absolute Gasteiger partial charge is 0.0468 e. The summed E-state index contributed by atoms with van der Waals surface area (Å²) in [6.07, 6.45) is 0. The van der Waals surface area contributed by atoms with Gasteiger partial charge in [0.2, 0.25) is 0 Å². The van der Waals surface area contributed by atoms with Crippen LogP contribution in [-0.2, 0) is 0 Å². The third kappa shape index (κ3) is 16.4. The first-order valence-corrected chi connectivity index (χ1v) is 42.6. The number of hydrogen-bond acceptors (Lipinski definition) is 2. The fourth-order valence-electron chi connectivity index (χ4n) is 17.3. The normalized spacial score (nSPS) is 11.1. The molecule has 0 bridgehead atoms. The molecular weight excluding hydrogens is 1490 g/mol. The molecule has 0 spiro atoms. The van der Waals surface area contributed by atoms with E-state index in [-0.39, 0.29) is 0 Å². The van der Waals surface area contributed by atoms with Crippen LogP contribution < -0.4 is 9.80 Å². The van der Waals surface area contributed by atoms with Crippen LogP contribution in [0.2, 0.25) is 0 Å². The topological polar surface area (TPSA) is 6.48 Å². The Hall–Kier alpha value is -16.3. The van der Waals surface area contributed by atoms with Crippen LogP contribution in [-0.4, -0.2) is 0 Å². The molecule has 0 saturated heterocycles. The summed E-state index contributed by atoms with van der Waals surface area (Å²) in [5, 5.41) is 5.02. The SMILES string of the molecule is c1ccc(-c2ccc(-c3ccc(N(c4ccc(-c5ccc(-c6ccccc6)cc5)cc4)c4ccc(-c5cc6ccccc6c6ccccc56)c(-c5ccccc5)c4)cc3)cc2)cc1.c1ccc(-c2ccc(-c3ccc(N(c4ccc(-c5ccc(-c6ccccc6)cc5)cc4)c4ccc(-c5ccc(-c6ccccc6)cc5)c(-c5ccccc5)c4)cc3)cc2)cc1. The van der Waals surface area contributed by atoms with Gasteiger partial charge >= 0.3 is 0 Å². The Kier molecular flexibility index (Phi) is 21.8. The minimum atomic E-state index is 1.09. The van der Waals surface area contributed by atoms with Gasteiger partial charge in [0.1, 0.15) is 0 Å². The van der Waals surface area contributed by atoms with Crippen LogP contribution in [0.1, 0.15) is 0 Å². The van der Waals surface area contributed by atoms with Crippen molar-refractivity contribution in [3.8, 4) is 145 Å². The van der Waals surface area contributed by atoms with Crippen LogP contribution in [0.3, 0.4) is 0 Å². The lowest BCUT2D eigenvalue weighted by Crippen LogP contribution is -2.10. The maximum absolute atomic E-state index is 2.39. The molecule has 0 radical (unpaired) electrons. The third-order valence-electron chi connectivity index (χ3n) is 23.9. The Labute approximate surface area is 726 Å². The Balaban J connectivity index is 0.000000157. The van der Waals surface area contributed by atoms with Crippen LogP contribution in [0.5, 0.6) is 0 Å². The second-order valence-corrected chi connectivity index (χ2v) is 31.5. The molecule has 0 aliphatic heterocycles. The van der Waals surface area contributed by atoms with Gasteiger partial charge in [0.15, 0.2) is 0 Å². The number of anilines is 6. The number of benzene rings is 21. The lowest BCUT2D eigenvalue weighted by Gasteiger charge is -2.27. The second-order valence-electron chi connectivity index (χ2n) is 31.5. The fraction of sp³-hybridized carbons (Fsp3) is 0. The molecule has 0 saturated carbocycles. The highest BCUT2D eigenvalue weighted by molar-refractivity contribution is 6.15. The number of fused-ring (bicyclic) bond motifs is 3. The van der Waals surface area contributed by atoms with Gasteiger partial charge in [0.05, 0.1) is 0 Å². The van der Waals surface area contributed by atoms with E-state index in [9.17, 15) is 0 Å². The number of rotatable bonds is 19. The molecule has 21 rings (SSSR count). The van der Waals surface area contributed by atoms with E-state index in [4.69, 9.17) is 0 Å². The minimum absolute atomic E-state index is 1.09. The van der Waals surface area contributed by atoms with Crippen molar-refractivity contribution in [2.24, 2.45) is 0 Å². The highest BCUT2D eigenvalue weighted by Gasteiger charge is 2.22. The van der Waals surface area contributed by atoms with Crippen molar-refractivity contribution in [3.63, 3.8) is 0 Å². The number of nitrogens with zero attached hydrogens (tertiary/aromatic N) is 2. The van der Waals surface area contributed by atoms with Crippen molar-refractivity contribution in [3.05, 3.63) is 522 Å². The first-order chi connectivity index (χ1) is 61.5. The van der Waals surface area contributed by atoms with E-state index >= 15 is 0 Å². The van der Waals surface area contributed by atoms with Gasteiger partial charge in [-0.05, 0) is 245 Å². The summed E-state index contributed by atoms with van der Waals surface area (Å²) >= 11 is 0. The molecule has 2 nitrogen and oxygen atoms in total. The standard InChI is InChI=1S/C62H43N.C60H43N/c1-4-14-44(15-5-1)46-24-28-48(29-25-46)50-32-36-54(37-33-50)63(55-38-34-51(35-39-55)49-30-26-47(27-31-49)45-16-6-2-7-17-45)56-40-41-60(61(43-56)52-18-8-3-9-19-52)62-42-53-20-10-11-21-57(53)58-22-12-13-23-59(58)62;1-5-13-44(14-6-1)47-21-25-50(26-22-47)52-33-37-56(38-34-52)61(57-39-35-53(36-40-57)51-27-23-48(24-28-51)45-15-7-2-8-16-45)58-41-42-59(60(43-58)54-19-11-4-12-20-54)55-31-29-49(30-32-55)46-17-9-3-10-18-46/h1-43H;1-43H. The summed E-state index contributed by atoms with van der Waals surface area (Å²) in [6, 6.07) is 189. The van der Waals surface area contributed by atoms with E-state index < -0.39 is 0 Å². The van der Waals surface area contributed by atoms with E-state index in [1.54, 1.807) is 0 Å². The van der Waals surface area contributed by atoms with Gasteiger partial charge in [0, 0.05) is 34.1 Å².